The van der Waals surface area contributed by atoms with Gasteiger partial charge in [-0.15, -0.1) is 5.10 Å². The number of piperidine rings is 1. The Morgan fingerprint density at radius 3 is 2.52 bits per heavy atom. The van der Waals surface area contributed by atoms with Gasteiger partial charge in [-0.25, -0.2) is 13.1 Å². The van der Waals surface area contributed by atoms with E-state index in [1.54, 1.807) is 6.20 Å². The first-order chi connectivity index (χ1) is 15.0. The molecule has 7 nitrogen and oxygen atoms in total. The lowest BCUT2D eigenvalue weighted by Gasteiger charge is -2.39. The largest absolute Gasteiger partial charge is 0.378 e. The van der Waals surface area contributed by atoms with E-state index in [1.807, 2.05) is 12.1 Å². The van der Waals surface area contributed by atoms with Gasteiger partial charge in [-0.05, 0) is 55.7 Å². The summed E-state index contributed by atoms with van der Waals surface area (Å²) in [5.41, 5.74) is 1.42. The quantitative estimate of drug-likeness (QED) is 0.707. The van der Waals surface area contributed by atoms with E-state index in [4.69, 9.17) is 4.74 Å². The molecule has 1 saturated carbocycles. The molecule has 0 bridgehead atoms. The molecule has 2 aliphatic rings. The fourth-order valence-corrected chi connectivity index (χ4v) is 5.71. The van der Waals surface area contributed by atoms with Crippen molar-refractivity contribution in [3.63, 3.8) is 0 Å². The van der Waals surface area contributed by atoms with Gasteiger partial charge < -0.3 is 9.64 Å². The SMILES string of the molecule is CS(=O)(=O)NC1CCN(c2cccnn2)C[C@H]1COC1CCC(c2ccccc2)CC1. The van der Waals surface area contributed by atoms with Crippen molar-refractivity contribution in [2.45, 2.75) is 50.2 Å². The minimum Gasteiger partial charge on any atom is -0.378 e. The van der Waals surface area contributed by atoms with E-state index < -0.39 is 10.0 Å². The Morgan fingerprint density at radius 2 is 1.84 bits per heavy atom. The van der Waals surface area contributed by atoms with Crippen molar-refractivity contribution < 1.29 is 13.2 Å². The number of sulfonamides is 1. The lowest BCUT2D eigenvalue weighted by atomic mass is 9.82. The predicted molar refractivity (Wildman–Crippen MR) is 122 cm³/mol. The van der Waals surface area contributed by atoms with Gasteiger partial charge >= 0.3 is 0 Å². The lowest BCUT2D eigenvalue weighted by Crippen LogP contribution is -2.52. The van der Waals surface area contributed by atoms with Crippen LogP contribution in [0, 0.1) is 5.92 Å². The Kier molecular flexibility index (Phi) is 7.20. The smallest absolute Gasteiger partial charge is 0.208 e. The van der Waals surface area contributed by atoms with Crippen LogP contribution in [0.15, 0.2) is 48.7 Å². The summed E-state index contributed by atoms with van der Waals surface area (Å²) in [6.07, 6.45) is 8.21. The molecule has 2 fully saturated rings. The van der Waals surface area contributed by atoms with Crippen molar-refractivity contribution >= 4 is 15.8 Å². The zero-order valence-electron chi connectivity index (χ0n) is 18.1. The minimum absolute atomic E-state index is 0.0670. The van der Waals surface area contributed by atoms with Crippen molar-refractivity contribution in [3.05, 3.63) is 54.2 Å². The summed E-state index contributed by atoms with van der Waals surface area (Å²) in [5.74, 6) is 1.51. The molecular weight excluding hydrogens is 412 g/mol. The number of hydrogen-bond acceptors (Lipinski definition) is 6. The first-order valence-corrected chi connectivity index (χ1v) is 13.0. The van der Waals surface area contributed by atoms with Gasteiger partial charge in [0.2, 0.25) is 10.0 Å². The molecule has 1 aliphatic heterocycles. The molecular formula is C23H32N4O3S. The van der Waals surface area contributed by atoms with Gasteiger partial charge in [0.05, 0.1) is 19.0 Å². The molecule has 0 spiro atoms. The molecule has 0 radical (unpaired) electrons. The van der Waals surface area contributed by atoms with Gasteiger partial charge in [-0.3, -0.25) is 0 Å². The molecule has 1 aliphatic carbocycles. The standard InChI is InChI=1S/C23H32N4O3S/c1-31(28,29)26-22-13-15-27(23-8-5-14-24-25-23)16-20(22)17-30-21-11-9-19(10-12-21)18-6-3-2-4-7-18/h2-8,14,19-22,26H,9-13,15-17H2,1H3/t19?,20-,21?,22?/m0/s1. The summed E-state index contributed by atoms with van der Waals surface area (Å²) >= 11 is 0. The Balaban J connectivity index is 1.34. The second kappa shape index (κ2) is 10.1. The lowest BCUT2D eigenvalue weighted by molar-refractivity contribution is -0.00214. The molecule has 1 unspecified atom stereocenters. The highest BCUT2D eigenvalue weighted by Crippen LogP contribution is 2.34. The summed E-state index contributed by atoms with van der Waals surface area (Å²) in [7, 11) is -3.27. The van der Waals surface area contributed by atoms with E-state index in [-0.39, 0.29) is 18.1 Å². The molecule has 1 N–H and O–H groups in total. The van der Waals surface area contributed by atoms with E-state index in [9.17, 15) is 8.42 Å². The number of rotatable bonds is 7. The van der Waals surface area contributed by atoms with Gasteiger partial charge in [0.15, 0.2) is 5.82 Å². The number of ether oxygens (including phenoxy) is 1. The van der Waals surface area contributed by atoms with Crippen LogP contribution in [-0.2, 0) is 14.8 Å². The zero-order valence-corrected chi connectivity index (χ0v) is 18.9. The van der Waals surface area contributed by atoms with Crippen molar-refractivity contribution in [2.75, 3.05) is 30.9 Å². The summed E-state index contributed by atoms with van der Waals surface area (Å²) in [6.45, 7) is 1.99. The average molecular weight is 445 g/mol. The first kappa shape index (κ1) is 22.2. The van der Waals surface area contributed by atoms with Crippen LogP contribution in [0.1, 0.15) is 43.6 Å². The van der Waals surface area contributed by atoms with E-state index in [2.05, 4.69) is 50.2 Å². The molecule has 2 heterocycles. The van der Waals surface area contributed by atoms with E-state index in [0.29, 0.717) is 19.1 Å². The topological polar surface area (TPSA) is 84.4 Å². The maximum Gasteiger partial charge on any atom is 0.208 e. The van der Waals surface area contributed by atoms with Crippen LogP contribution in [0.5, 0.6) is 0 Å². The van der Waals surface area contributed by atoms with Crippen LogP contribution >= 0.6 is 0 Å². The van der Waals surface area contributed by atoms with Gasteiger partial charge in [-0.2, -0.15) is 5.10 Å². The summed E-state index contributed by atoms with van der Waals surface area (Å²) in [6, 6.07) is 14.4. The third-order valence-electron chi connectivity index (χ3n) is 6.47. The van der Waals surface area contributed by atoms with Gasteiger partial charge in [0, 0.05) is 31.2 Å². The van der Waals surface area contributed by atoms with Crippen molar-refractivity contribution in [3.8, 4) is 0 Å². The monoisotopic (exact) mass is 444 g/mol. The normalized spacial score (nSPS) is 27.2. The Labute approximate surface area is 185 Å². The Hall–Kier alpha value is -2.03. The highest BCUT2D eigenvalue weighted by atomic mass is 32.2. The predicted octanol–water partition coefficient (Wildman–Crippen LogP) is 2.96. The molecule has 31 heavy (non-hydrogen) atoms. The second-order valence-corrected chi connectivity index (χ2v) is 10.6. The van der Waals surface area contributed by atoms with Gasteiger partial charge in [-0.1, -0.05) is 30.3 Å². The van der Waals surface area contributed by atoms with Crippen molar-refractivity contribution in [2.24, 2.45) is 5.92 Å². The Bertz CT molecular complexity index is 918. The van der Waals surface area contributed by atoms with Crippen LogP contribution in [0.2, 0.25) is 0 Å². The number of aromatic nitrogens is 2. The summed E-state index contributed by atoms with van der Waals surface area (Å²) in [4.78, 5) is 2.17. The number of benzene rings is 1. The fraction of sp³-hybridized carbons (Fsp3) is 0.565. The Morgan fingerprint density at radius 1 is 1.06 bits per heavy atom. The molecule has 1 aromatic carbocycles. The average Bonchev–Trinajstić information content (AvgIpc) is 2.79. The van der Waals surface area contributed by atoms with Gasteiger partial charge in [0.25, 0.3) is 0 Å². The van der Waals surface area contributed by atoms with Crippen LogP contribution in [0.4, 0.5) is 5.82 Å². The molecule has 2 aromatic rings. The van der Waals surface area contributed by atoms with Crippen LogP contribution in [0.3, 0.4) is 0 Å². The van der Waals surface area contributed by atoms with Crippen molar-refractivity contribution in [1.82, 2.24) is 14.9 Å². The molecule has 2 atom stereocenters. The van der Waals surface area contributed by atoms with E-state index in [0.717, 1.165) is 44.5 Å². The number of hydrogen-bond donors (Lipinski definition) is 1. The van der Waals surface area contributed by atoms with Crippen LogP contribution < -0.4 is 9.62 Å². The third-order valence-corrected chi connectivity index (χ3v) is 7.20. The maximum atomic E-state index is 11.9. The summed E-state index contributed by atoms with van der Waals surface area (Å²) in [5, 5.41) is 8.20. The van der Waals surface area contributed by atoms with Crippen LogP contribution in [-0.4, -0.2) is 56.7 Å². The van der Waals surface area contributed by atoms with Crippen LogP contribution in [0.25, 0.3) is 0 Å². The second-order valence-electron chi connectivity index (χ2n) is 8.79. The number of nitrogens with one attached hydrogen (secondary N) is 1. The maximum absolute atomic E-state index is 11.9. The van der Waals surface area contributed by atoms with Crippen molar-refractivity contribution in [1.29, 1.82) is 0 Å². The molecule has 8 heteroatoms. The van der Waals surface area contributed by atoms with E-state index >= 15 is 0 Å². The van der Waals surface area contributed by atoms with Gasteiger partial charge in [0.1, 0.15) is 0 Å². The zero-order chi connectivity index (χ0) is 21.7. The first-order valence-electron chi connectivity index (χ1n) is 11.1. The molecule has 168 valence electrons. The number of nitrogens with zero attached hydrogens (tertiary/aromatic N) is 3. The molecule has 1 aromatic heterocycles. The minimum atomic E-state index is -3.27. The highest BCUT2D eigenvalue weighted by Gasteiger charge is 2.33. The third kappa shape index (κ3) is 6.24. The van der Waals surface area contributed by atoms with E-state index in [1.165, 1.54) is 11.8 Å². The summed E-state index contributed by atoms with van der Waals surface area (Å²) < 4.78 is 32.9. The molecule has 0 amide bonds. The number of anilines is 1. The molecule has 4 rings (SSSR count). The fourth-order valence-electron chi connectivity index (χ4n) is 4.85. The highest BCUT2D eigenvalue weighted by molar-refractivity contribution is 7.88. The molecule has 1 saturated heterocycles.